The number of phenolic OH excluding ortho intramolecular Hbond substituents is 1. The molecule has 17 heteroatoms. The fourth-order valence-electron chi connectivity index (χ4n) is 3.91. The molecular formula is C20H20N6O10S. The summed E-state index contributed by atoms with van der Waals surface area (Å²) in [6, 6.07) is 4.79. The Kier molecular flexibility index (Phi) is 6.87. The molecule has 5 N–H and O–H groups in total. The molecule has 196 valence electrons. The van der Waals surface area contributed by atoms with Crippen molar-refractivity contribution in [3.63, 3.8) is 0 Å². The molecule has 2 aliphatic rings. The van der Waals surface area contributed by atoms with Crippen LogP contribution in [0.25, 0.3) is 0 Å². The first-order valence-electron chi connectivity index (χ1n) is 10.4. The lowest BCUT2D eigenvalue weighted by molar-refractivity contribution is -0.290. The van der Waals surface area contributed by atoms with E-state index < -0.39 is 53.6 Å². The van der Waals surface area contributed by atoms with Crippen molar-refractivity contribution in [2.45, 2.75) is 29.3 Å². The standard InChI is InChI=1S/C20H20N6O10S/c1-25-19(22-23-24-25)37-7-10-12(15(31)32)26-17(34)20(35-2,18(26)36-16(10)33)21-13(28)11(14(29)30)8-3-5-9(27)6-4-8/h3-6,11,16,18,27,33H,7H2,1-2H3,(H,21,28)(H,29,30)(H,31,32)/t11?,16?,18-,20+/m1/s1. The Bertz CT molecular complexity index is 1300. The van der Waals surface area contributed by atoms with E-state index in [1.54, 1.807) is 7.05 Å². The Morgan fingerprint density at radius 2 is 1.95 bits per heavy atom. The molecule has 16 nitrogen and oxygen atoms in total. The smallest absolute Gasteiger partial charge is 0.352 e. The molecule has 0 aliphatic carbocycles. The zero-order valence-corrected chi connectivity index (χ0v) is 19.9. The molecule has 2 aliphatic heterocycles. The minimum absolute atomic E-state index is 0.00836. The number of carbonyl (C=O) groups is 4. The average molecular weight is 536 g/mol. The molecule has 2 aromatic rings. The number of nitrogens with one attached hydrogen (secondary N) is 1. The van der Waals surface area contributed by atoms with Crippen molar-refractivity contribution in [3.05, 3.63) is 41.1 Å². The molecule has 0 saturated carbocycles. The third-order valence-electron chi connectivity index (χ3n) is 5.73. The van der Waals surface area contributed by atoms with Gasteiger partial charge in [0.2, 0.25) is 11.1 Å². The highest BCUT2D eigenvalue weighted by Crippen LogP contribution is 2.43. The molecular weight excluding hydrogens is 516 g/mol. The minimum atomic E-state index is -2.32. The summed E-state index contributed by atoms with van der Waals surface area (Å²) < 4.78 is 12.0. The van der Waals surface area contributed by atoms with Crippen molar-refractivity contribution in [1.82, 2.24) is 30.4 Å². The first kappa shape index (κ1) is 26.0. The number of tetrazole rings is 1. The fraction of sp³-hybridized carbons (Fsp3) is 0.350. The molecule has 1 aromatic heterocycles. The highest BCUT2D eigenvalue weighted by molar-refractivity contribution is 7.99. The first-order valence-corrected chi connectivity index (χ1v) is 11.4. The van der Waals surface area contributed by atoms with E-state index in [1.165, 1.54) is 28.9 Å². The lowest BCUT2D eigenvalue weighted by Crippen LogP contribution is -2.83. The van der Waals surface area contributed by atoms with Crippen LogP contribution in [0.2, 0.25) is 0 Å². The van der Waals surface area contributed by atoms with Crippen molar-refractivity contribution in [1.29, 1.82) is 0 Å². The van der Waals surface area contributed by atoms with E-state index in [4.69, 9.17) is 9.47 Å². The van der Waals surface area contributed by atoms with Gasteiger partial charge in [0.15, 0.2) is 18.4 Å². The van der Waals surface area contributed by atoms with Crippen LogP contribution < -0.4 is 5.32 Å². The number of phenols is 1. The first-order chi connectivity index (χ1) is 17.5. The highest BCUT2D eigenvalue weighted by Gasteiger charge is 2.69. The molecule has 4 atom stereocenters. The molecule has 2 amide bonds. The van der Waals surface area contributed by atoms with Crippen LogP contribution in [-0.2, 0) is 35.7 Å². The summed E-state index contributed by atoms with van der Waals surface area (Å²) >= 11 is 0.979. The van der Waals surface area contributed by atoms with Crippen LogP contribution in [-0.4, -0.2) is 100 Å². The Labute approximate surface area is 211 Å². The fourth-order valence-corrected chi connectivity index (χ4v) is 4.79. The summed E-state index contributed by atoms with van der Waals surface area (Å²) in [5.41, 5.74) is -3.10. The highest BCUT2D eigenvalue weighted by atomic mass is 32.2. The van der Waals surface area contributed by atoms with Crippen LogP contribution in [0.5, 0.6) is 5.75 Å². The van der Waals surface area contributed by atoms with E-state index in [-0.39, 0.29) is 22.6 Å². The second kappa shape index (κ2) is 9.77. The van der Waals surface area contributed by atoms with E-state index >= 15 is 0 Å². The Morgan fingerprint density at radius 3 is 2.49 bits per heavy atom. The number of rotatable bonds is 9. The number of aromatic hydroxyl groups is 1. The summed E-state index contributed by atoms with van der Waals surface area (Å²) in [5, 5.41) is 52.9. The summed E-state index contributed by atoms with van der Waals surface area (Å²) in [6.45, 7) is 0. The lowest BCUT2D eigenvalue weighted by Gasteiger charge is -2.56. The van der Waals surface area contributed by atoms with Gasteiger partial charge in [0.1, 0.15) is 11.4 Å². The maximum absolute atomic E-state index is 13.2. The number of nitrogens with zero attached hydrogens (tertiary/aromatic N) is 5. The van der Waals surface area contributed by atoms with Gasteiger partial charge in [-0.15, -0.1) is 5.10 Å². The third-order valence-corrected chi connectivity index (χ3v) is 6.79. The number of thioether (sulfide) groups is 1. The number of hydrogen-bond acceptors (Lipinski definition) is 12. The van der Waals surface area contributed by atoms with Gasteiger partial charge in [-0.25, -0.2) is 9.48 Å². The van der Waals surface area contributed by atoms with E-state index in [0.29, 0.717) is 10.1 Å². The van der Waals surface area contributed by atoms with Crippen LogP contribution in [0.3, 0.4) is 0 Å². The summed E-state index contributed by atoms with van der Waals surface area (Å²) in [6.07, 6.45) is -3.46. The molecule has 1 saturated heterocycles. The van der Waals surface area contributed by atoms with Crippen molar-refractivity contribution in [2.75, 3.05) is 12.9 Å². The molecule has 1 aromatic carbocycles. The van der Waals surface area contributed by atoms with Crippen LogP contribution in [0, 0.1) is 0 Å². The SMILES string of the molecule is CO[C@@]1(NC(=O)C(C(=O)O)c2ccc(O)cc2)C(=O)N2C(C(=O)O)=C(CSc3nnnn3C)C(O)O[C@@H]21. The molecule has 0 radical (unpaired) electrons. The Balaban J connectivity index is 1.62. The van der Waals surface area contributed by atoms with E-state index in [9.17, 15) is 39.6 Å². The number of fused-ring (bicyclic) bond motifs is 1. The van der Waals surface area contributed by atoms with Crippen molar-refractivity contribution < 1.29 is 49.1 Å². The maximum atomic E-state index is 13.2. The van der Waals surface area contributed by atoms with Gasteiger partial charge < -0.3 is 35.2 Å². The zero-order chi connectivity index (χ0) is 27.1. The van der Waals surface area contributed by atoms with Gasteiger partial charge in [-0.2, -0.15) is 0 Å². The van der Waals surface area contributed by atoms with Gasteiger partial charge in [-0.1, -0.05) is 23.9 Å². The predicted octanol–water partition coefficient (Wildman–Crippen LogP) is -1.81. The van der Waals surface area contributed by atoms with Crippen molar-refractivity contribution in [3.8, 4) is 5.75 Å². The quantitative estimate of drug-likeness (QED) is 0.103. The van der Waals surface area contributed by atoms with Gasteiger partial charge in [-0.3, -0.25) is 19.3 Å². The number of aliphatic hydroxyl groups excluding tert-OH is 1. The van der Waals surface area contributed by atoms with E-state index in [2.05, 4.69) is 20.8 Å². The van der Waals surface area contributed by atoms with Crippen molar-refractivity contribution in [2.24, 2.45) is 7.05 Å². The van der Waals surface area contributed by atoms with Gasteiger partial charge >= 0.3 is 11.9 Å². The minimum Gasteiger partial charge on any atom is -0.508 e. The van der Waals surface area contributed by atoms with Gasteiger partial charge in [0, 0.05) is 25.5 Å². The number of carboxylic acids is 2. The summed E-state index contributed by atoms with van der Waals surface area (Å²) in [5.74, 6) is -7.50. The molecule has 0 bridgehead atoms. The number of aromatic nitrogens is 4. The van der Waals surface area contributed by atoms with Crippen LogP contribution >= 0.6 is 11.8 Å². The Morgan fingerprint density at radius 1 is 1.27 bits per heavy atom. The topological polar surface area (TPSA) is 227 Å². The second-order valence-corrected chi connectivity index (χ2v) is 8.80. The normalized spacial score (nSPS) is 23.8. The molecule has 0 spiro atoms. The number of β-lactam (4-membered cyclic amide) rings is 1. The van der Waals surface area contributed by atoms with Crippen molar-refractivity contribution >= 4 is 35.5 Å². The number of aryl methyl sites for hydroxylation is 1. The number of ether oxygens (including phenoxy) is 2. The van der Waals surface area contributed by atoms with Gasteiger partial charge in [-0.05, 0) is 28.1 Å². The Hall–Kier alpha value is -4.06. The lowest BCUT2D eigenvalue weighted by atomic mass is 9.91. The largest absolute Gasteiger partial charge is 0.508 e. The monoisotopic (exact) mass is 536 g/mol. The summed E-state index contributed by atoms with van der Waals surface area (Å²) in [4.78, 5) is 50.9. The number of aliphatic carboxylic acids is 2. The second-order valence-electron chi connectivity index (χ2n) is 7.86. The molecule has 1 fully saturated rings. The molecule has 3 heterocycles. The van der Waals surface area contributed by atoms with Crippen LogP contribution in [0.15, 0.2) is 40.7 Å². The van der Waals surface area contributed by atoms with Gasteiger partial charge in [0.05, 0.1) is 0 Å². The van der Waals surface area contributed by atoms with E-state index in [1.807, 2.05) is 0 Å². The van der Waals surface area contributed by atoms with Crippen LogP contribution in [0.1, 0.15) is 11.5 Å². The van der Waals surface area contributed by atoms with E-state index in [0.717, 1.165) is 18.9 Å². The maximum Gasteiger partial charge on any atom is 0.352 e. The molecule has 2 unspecified atom stereocenters. The molecule has 37 heavy (non-hydrogen) atoms. The summed E-state index contributed by atoms with van der Waals surface area (Å²) in [7, 11) is 2.58. The van der Waals surface area contributed by atoms with Gasteiger partial charge in [0.25, 0.3) is 11.6 Å². The zero-order valence-electron chi connectivity index (χ0n) is 19.1. The number of carboxylic acid groups (broad SMARTS) is 2. The predicted molar refractivity (Wildman–Crippen MR) is 118 cm³/mol. The number of benzene rings is 1. The average Bonchev–Trinajstić information content (AvgIpc) is 3.26. The third kappa shape index (κ3) is 4.37. The number of amides is 2. The molecule has 4 rings (SSSR count). The number of methoxy groups -OCH3 is 1. The number of carbonyl (C=O) groups excluding carboxylic acids is 2. The number of aliphatic hydroxyl groups is 1. The van der Waals surface area contributed by atoms with Crippen LogP contribution in [0.4, 0.5) is 0 Å². The number of hydrogen-bond donors (Lipinski definition) is 5.